The van der Waals surface area contributed by atoms with E-state index >= 15 is 0 Å². The Kier molecular flexibility index (Phi) is 4.10. The van der Waals surface area contributed by atoms with E-state index in [9.17, 15) is 9.59 Å². The molecule has 6 nitrogen and oxygen atoms in total. The molecule has 2 fully saturated rings. The molecule has 2 saturated heterocycles. The first-order valence-electron chi connectivity index (χ1n) is 8.34. The molecule has 128 valence electrons. The third-order valence-corrected chi connectivity index (χ3v) is 5.16. The largest absolute Gasteiger partial charge is 0.420 e. The maximum absolute atomic E-state index is 12.4. The number of oxazole rings is 1. The zero-order valence-corrected chi connectivity index (χ0v) is 14.0. The standard InChI is InChI=1S/C17H19ClN2O4/c18-11-3-4-14-13(10-11)20(17(22)24-14)12-5-7-19(8-6-12)16(21)15-2-1-9-23-15/h3-4,10,12,15H,1-2,5-9H2/t15-/m1/s1. The average molecular weight is 351 g/mol. The molecule has 2 aromatic rings. The third kappa shape index (κ3) is 2.74. The number of aromatic nitrogens is 1. The van der Waals surface area contributed by atoms with Gasteiger partial charge in [0.2, 0.25) is 0 Å². The Morgan fingerprint density at radius 2 is 2.00 bits per heavy atom. The van der Waals surface area contributed by atoms with Gasteiger partial charge in [0.05, 0.1) is 5.52 Å². The molecular formula is C17H19ClN2O4. The lowest BCUT2D eigenvalue weighted by Crippen LogP contribution is -2.44. The number of carbonyl (C=O) groups is 1. The smallest absolute Gasteiger partial charge is 0.408 e. The lowest BCUT2D eigenvalue weighted by Gasteiger charge is -2.33. The van der Waals surface area contributed by atoms with E-state index in [-0.39, 0.29) is 23.8 Å². The average Bonchev–Trinajstić information content (AvgIpc) is 3.21. The molecule has 2 aliphatic heterocycles. The number of amides is 1. The Morgan fingerprint density at radius 1 is 1.21 bits per heavy atom. The fourth-order valence-electron chi connectivity index (χ4n) is 3.67. The summed E-state index contributed by atoms with van der Waals surface area (Å²) in [5, 5.41) is 0.572. The van der Waals surface area contributed by atoms with Crippen molar-refractivity contribution < 1.29 is 13.9 Å². The van der Waals surface area contributed by atoms with Crippen molar-refractivity contribution in [3.05, 3.63) is 33.8 Å². The van der Waals surface area contributed by atoms with Gasteiger partial charge in [0, 0.05) is 30.8 Å². The van der Waals surface area contributed by atoms with E-state index in [4.69, 9.17) is 20.8 Å². The fraction of sp³-hybridized carbons (Fsp3) is 0.529. The van der Waals surface area contributed by atoms with Gasteiger partial charge in [-0.15, -0.1) is 0 Å². The van der Waals surface area contributed by atoms with Gasteiger partial charge in [0.1, 0.15) is 6.10 Å². The van der Waals surface area contributed by atoms with Crippen molar-refractivity contribution in [2.75, 3.05) is 19.7 Å². The van der Waals surface area contributed by atoms with E-state index in [2.05, 4.69) is 0 Å². The zero-order chi connectivity index (χ0) is 16.7. The molecule has 1 amide bonds. The first-order chi connectivity index (χ1) is 11.6. The molecule has 0 unspecified atom stereocenters. The fourth-order valence-corrected chi connectivity index (χ4v) is 3.84. The number of hydrogen-bond acceptors (Lipinski definition) is 4. The van der Waals surface area contributed by atoms with Crippen molar-refractivity contribution in [3.8, 4) is 0 Å². The number of ether oxygens (including phenoxy) is 1. The maximum atomic E-state index is 12.4. The number of nitrogens with zero attached hydrogens (tertiary/aromatic N) is 2. The van der Waals surface area contributed by atoms with Crippen molar-refractivity contribution in [3.63, 3.8) is 0 Å². The minimum atomic E-state index is -0.365. The van der Waals surface area contributed by atoms with Crippen LogP contribution in [-0.4, -0.2) is 41.2 Å². The molecule has 0 aliphatic carbocycles. The van der Waals surface area contributed by atoms with E-state index < -0.39 is 0 Å². The number of piperidine rings is 1. The molecule has 2 aliphatic rings. The molecule has 1 atom stereocenters. The summed E-state index contributed by atoms with van der Waals surface area (Å²) < 4.78 is 12.5. The van der Waals surface area contributed by atoms with Gasteiger partial charge in [-0.25, -0.2) is 4.79 Å². The summed E-state index contributed by atoms with van der Waals surface area (Å²) in [6, 6.07) is 5.20. The number of rotatable bonds is 2. The molecule has 0 bridgehead atoms. The van der Waals surface area contributed by atoms with Crippen molar-refractivity contribution in [2.45, 2.75) is 37.8 Å². The van der Waals surface area contributed by atoms with Gasteiger partial charge in [0.15, 0.2) is 5.58 Å². The van der Waals surface area contributed by atoms with Crippen molar-refractivity contribution in [2.24, 2.45) is 0 Å². The van der Waals surface area contributed by atoms with Gasteiger partial charge in [-0.05, 0) is 43.9 Å². The van der Waals surface area contributed by atoms with Gasteiger partial charge < -0.3 is 14.1 Å². The van der Waals surface area contributed by atoms with Crippen LogP contribution >= 0.6 is 11.6 Å². The normalized spacial score (nSPS) is 22.4. The van der Waals surface area contributed by atoms with Crippen LogP contribution in [0, 0.1) is 0 Å². The second kappa shape index (κ2) is 6.26. The van der Waals surface area contributed by atoms with Crippen LogP contribution in [0.25, 0.3) is 11.1 Å². The van der Waals surface area contributed by atoms with Crippen molar-refractivity contribution in [1.82, 2.24) is 9.47 Å². The Morgan fingerprint density at radius 3 is 2.71 bits per heavy atom. The SMILES string of the molecule is O=C([C@H]1CCCO1)N1CCC(n2c(=O)oc3ccc(Cl)cc32)CC1. The number of hydrogen-bond donors (Lipinski definition) is 0. The number of benzene rings is 1. The van der Waals surface area contributed by atoms with Crippen molar-refractivity contribution >= 4 is 28.6 Å². The highest BCUT2D eigenvalue weighted by Crippen LogP contribution is 2.28. The minimum absolute atomic E-state index is 0.0192. The Labute approximate surface area is 143 Å². The van der Waals surface area contributed by atoms with Crippen LogP contribution in [0.5, 0.6) is 0 Å². The van der Waals surface area contributed by atoms with Gasteiger partial charge >= 0.3 is 5.76 Å². The second-order valence-corrected chi connectivity index (χ2v) is 6.84. The van der Waals surface area contributed by atoms with Crippen LogP contribution in [0.15, 0.2) is 27.4 Å². The Balaban J connectivity index is 1.52. The van der Waals surface area contributed by atoms with E-state index in [0.29, 0.717) is 30.3 Å². The summed E-state index contributed by atoms with van der Waals surface area (Å²) in [5.41, 5.74) is 1.26. The summed E-state index contributed by atoms with van der Waals surface area (Å²) in [6.45, 7) is 1.93. The number of halogens is 1. The summed E-state index contributed by atoms with van der Waals surface area (Å²) in [6.07, 6.45) is 2.92. The maximum Gasteiger partial charge on any atom is 0.420 e. The molecule has 3 heterocycles. The highest BCUT2D eigenvalue weighted by molar-refractivity contribution is 6.31. The molecule has 1 aromatic carbocycles. The third-order valence-electron chi connectivity index (χ3n) is 4.92. The van der Waals surface area contributed by atoms with Crippen LogP contribution in [0.1, 0.15) is 31.7 Å². The number of carbonyl (C=O) groups excluding carboxylic acids is 1. The van der Waals surface area contributed by atoms with Crippen molar-refractivity contribution in [1.29, 1.82) is 0 Å². The molecule has 0 N–H and O–H groups in total. The predicted octanol–water partition coefficient (Wildman–Crippen LogP) is 2.59. The van der Waals surface area contributed by atoms with Gasteiger partial charge in [-0.2, -0.15) is 0 Å². The molecule has 4 rings (SSSR count). The van der Waals surface area contributed by atoms with Crippen LogP contribution < -0.4 is 5.76 Å². The highest BCUT2D eigenvalue weighted by Gasteiger charge is 2.32. The molecule has 0 saturated carbocycles. The lowest BCUT2D eigenvalue weighted by molar-refractivity contribution is -0.142. The van der Waals surface area contributed by atoms with E-state index in [0.717, 1.165) is 31.2 Å². The Bertz CT molecular complexity index is 814. The molecular weight excluding hydrogens is 332 g/mol. The topological polar surface area (TPSA) is 64.7 Å². The predicted molar refractivity (Wildman–Crippen MR) is 89.3 cm³/mol. The van der Waals surface area contributed by atoms with Gasteiger partial charge in [-0.1, -0.05) is 11.6 Å². The zero-order valence-electron chi connectivity index (χ0n) is 13.2. The van der Waals surface area contributed by atoms with Crippen LogP contribution in [0.2, 0.25) is 5.02 Å². The molecule has 0 radical (unpaired) electrons. The molecule has 0 spiro atoms. The van der Waals surface area contributed by atoms with Gasteiger partial charge in [0.25, 0.3) is 5.91 Å². The summed E-state index contributed by atoms with van der Waals surface area (Å²) in [5.74, 6) is -0.283. The molecule has 7 heteroatoms. The second-order valence-electron chi connectivity index (χ2n) is 6.41. The number of likely N-dealkylation sites (tertiary alicyclic amines) is 1. The highest BCUT2D eigenvalue weighted by atomic mass is 35.5. The summed E-state index contributed by atoms with van der Waals surface area (Å²) in [4.78, 5) is 26.5. The summed E-state index contributed by atoms with van der Waals surface area (Å²) in [7, 11) is 0. The first kappa shape index (κ1) is 15.7. The minimum Gasteiger partial charge on any atom is -0.408 e. The monoisotopic (exact) mass is 350 g/mol. The van der Waals surface area contributed by atoms with Gasteiger partial charge in [-0.3, -0.25) is 9.36 Å². The van der Waals surface area contributed by atoms with Crippen LogP contribution in [0.4, 0.5) is 0 Å². The lowest BCUT2D eigenvalue weighted by atomic mass is 10.0. The number of fused-ring (bicyclic) bond motifs is 1. The van der Waals surface area contributed by atoms with E-state index in [1.54, 1.807) is 22.8 Å². The Hall–Kier alpha value is -1.79. The van der Waals surface area contributed by atoms with Crippen LogP contribution in [0.3, 0.4) is 0 Å². The summed E-state index contributed by atoms with van der Waals surface area (Å²) >= 11 is 6.05. The molecule has 24 heavy (non-hydrogen) atoms. The van der Waals surface area contributed by atoms with E-state index in [1.165, 1.54) is 0 Å². The first-order valence-corrected chi connectivity index (χ1v) is 8.72. The van der Waals surface area contributed by atoms with E-state index in [1.807, 2.05) is 4.90 Å². The molecule has 1 aromatic heterocycles. The quantitative estimate of drug-likeness (QED) is 0.835. The van der Waals surface area contributed by atoms with Crippen LogP contribution in [-0.2, 0) is 9.53 Å².